The van der Waals surface area contributed by atoms with Crippen LogP contribution in [0.2, 0.25) is 0 Å². The van der Waals surface area contributed by atoms with Gasteiger partial charge in [0.25, 0.3) is 5.91 Å². The first kappa shape index (κ1) is 19.1. The molecule has 1 aliphatic rings. The summed E-state index contributed by atoms with van der Waals surface area (Å²) in [5.41, 5.74) is 1.15. The number of carbonyl (C=O) groups is 1. The number of hydrogen-bond acceptors (Lipinski definition) is 4. The van der Waals surface area contributed by atoms with Crippen LogP contribution in [0.25, 0.3) is 0 Å². The van der Waals surface area contributed by atoms with Crippen molar-refractivity contribution >= 4 is 27.3 Å². The van der Waals surface area contributed by atoms with Crippen molar-refractivity contribution in [2.75, 3.05) is 26.2 Å². The van der Waals surface area contributed by atoms with E-state index in [0.29, 0.717) is 41.9 Å². The van der Waals surface area contributed by atoms with Gasteiger partial charge in [-0.05, 0) is 41.5 Å². The lowest BCUT2D eigenvalue weighted by Crippen LogP contribution is -2.50. The van der Waals surface area contributed by atoms with E-state index in [1.807, 2.05) is 23.6 Å². The van der Waals surface area contributed by atoms with Crippen molar-refractivity contribution < 1.29 is 13.2 Å². The molecule has 0 radical (unpaired) electrons. The number of sulfonamides is 1. The van der Waals surface area contributed by atoms with Crippen LogP contribution in [0, 0.1) is 0 Å². The monoisotopic (exact) mass is 392 g/mol. The second-order valence-corrected chi connectivity index (χ2v) is 9.44. The van der Waals surface area contributed by atoms with Gasteiger partial charge in [-0.15, -0.1) is 11.3 Å². The number of piperazine rings is 1. The lowest BCUT2D eigenvalue weighted by Gasteiger charge is -2.33. The summed E-state index contributed by atoms with van der Waals surface area (Å²) in [7, 11) is -3.52. The average Bonchev–Trinajstić information content (AvgIpc) is 3.21. The summed E-state index contributed by atoms with van der Waals surface area (Å²) >= 11 is 1.41. The molecule has 1 aliphatic heterocycles. The number of amides is 1. The molecule has 7 heteroatoms. The van der Waals surface area contributed by atoms with E-state index in [-0.39, 0.29) is 5.91 Å². The lowest BCUT2D eigenvalue weighted by atomic mass is 9.99. The van der Waals surface area contributed by atoms with Crippen molar-refractivity contribution in [2.45, 2.75) is 31.1 Å². The van der Waals surface area contributed by atoms with E-state index < -0.39 is 10.0 Å². The van der Waals surface area contributed by atoms with Gasteiger partial charge in [-0.1, -0.05) is 32.0 Å². The normalized spacial score (nSPS) is 17.2. The van der Waals surface area contributed by atoms with Gasteiger partial charge in [0.2, 0.25) is 10.0 Å². The van der Waals surface area contributed by atoms with Crippen LogP contribution in [-0.4, -0.2) is 49.7 Å². The van der Waals surface area contributed by atoms with Crippen LogP contribution in [0.15, 0.2) is 46.7 Å². The van der Waals surface area contributed by atoms with Crippen LogP contribution in [0.3, 0.4) is 0 Å². The van der Waals surface area contributed by atoms with Crippen LogP contribution in [-0.2, 0) is 10.0 Å². The summed E-state index contributed by atoms with van der Waals surface area (Å²) in [4.78, 5) is 15.1. The third-order valence-electron chi connectivity index (χ3n) is 4.96. The number of carbonyl (C=O) groups excluding carboxylic acids is 1. The van der Waals surface area contributed by atoms with Crippen molar-refractivity contribution in [3.63, 3.8) is 0 Å². The highest BCUT2D eigenvalue weighted by Gasteiger charge is 2.30. The molecule has 5 nitrogen and oxygen atoms in total. The zero-order chi connectivity index (χ0) is 18.7. The van der Waals surface area contributed by atoms with Crippen molar-refractivity contribution in [3.8, 4) is 0 Å². The maximum absolute atomic E-state index is 12.9. The van der Waals surface area contributed by atoms with Crippen LogP contribution in [0.4, 0.5) is 0 Å². The van der Waals surface area contributed by atoms with Crippen molar-refractivity contribution in [3.05, 3.63) is 52.2 Å². The van der Waals surface area contributed by atoms with Gasteiger partial charge in [0.15, 0.2) is 0 Å². The standard InChI is InChI=1S/C19H24N2O3S2/c1-3-15(2)16-6-8-17(9-7-16)26(23,24)21-12-10-20(11-13-21)19(22)18-5-4-14-25-18/h4-9,14-15H,3,10-13H2,1-2H3/t15-/m1/s1. The second kappa shape index (κ2) is 7.90. The fraction of sp³-hybridized carbons (Fsp3) is 0.421. The third kappa shape index (κ3) is 3.84. The van der Waals surface area contributed by atoms with Crippen LogP contribution in [0.1, 0.15) is 41.4 Å². The van der Waals surface area contributed by atoms with Crippen molar-refractivity contribution in [2.24, 2.45) is 0 Å². The Hall–Kier alpha value is -1.70. The molecule has 0 unspecified atom stereocenters. The zero-order valence-corrected chi connectivity index (χ0v) is 16.7. The number of benzene rings is 1. The van der Waals surface area contributed by atoms with Crippen LogP contribution in [0.5, 0.6) is 0 Å². The molecule has 0 saturated carbocycles. The van der Waals surface area contributed by atoms with Gasteiger partial charge in [-0.2, -0.15) is 4.31 Å². The molecule has 0 aliphatic carbocycles. The molecule has 1 atom stereocenters. The van der Waals surface area contributed by atoms with E-state index in [9.17, 15) is 13.2 Å². The number of nitrogens with zero attached hydrogens (tertiary/aromatic N) is 2. The quantitative estimate of drug-likeness (QED) is 0.783. The Balaban J connectivity index is 1.67. The van der Waals surface area contributed by atoms with E-state index >= 15 is 0 Å². The van der Waals surface area contributed by atoms with E-state index in [1.54, 1.807) is 23.1 Å². The number of hydrogen-bond donors (Lipinski definition) is 0. The highest BCUT2D eigenvalue weighted by Crippen LogP contribution is 2.23. The van der Waals surface area contributed by atoms with Crippen molar-refractivity contribution in [1.29, 1.82) is 0 Å². The molecule has 140 valence electrons. The molecular formula is C19H24N2O3S2. The molecule has 1 fully saturated rings. The minimum Gasteiger partial charge on any atom is -0.335 e. The van der Waals surface area contributed by atoms with E-state index in [0.717, 1.165) is 12.0 Å². The van der Waals surface area contributed by atoms with Gasteiger partial charge >= 0.3 is 0 Å². The van der Waals surface area contributed by atoms with Crippen LogP contribution >= 0.6 is 11.3 Å². The Morgan fingerprint density at radius 2 is 1.77 bits per heavy atom. The van der Waals surface area contributed by atoms with E-state index in [1.165, 1.54) is 15.6 Å². The molecule has 3 rings (SSSR count). The summed E-state index contributed by atoms with van der Waals surface area (Å²) in [5, 5.41) is 1.87. The predicted molar refractivity (Wildman–Crippen MR) is 104 cm³/mol. The zero-order valence-electron chi connectivity index (χ0n) is 15.1. The fourth-order valence-corrected chi connectivity index (χ4v) is 5.15. The van der Waals surface area contributed by atoms with Crippen LogP contribution < -0.4 is 0 Å². The summed E-state index contributed by atoms with van der Waals surface area (Å²) in [5.74, 6) is 0.397. The predicted octanol–water partition coefficient (Wildman–Crippen LogP) is 3.41. The lowest BCUT2D eigenvalue weighted by molar-refractivity contribution is 0.0703. The molecule has 1 amide bonds. The Labute approximate surface area is 159 Å². The molecule has 0 N–H and O–H groups in total. The van der Waals surface area contributed by atoms with E-state index in [2.05, 4.69) is 13.8 Å². The smallest absolute Gasteiger partial charge is 0.264 e. The highest BCUT2D eigenvalue weighted by molar-refractivity contribution is 7.89. The molecule has 0 bridgehead atoms. The van der Waals surface area contributed by atoms with E-state index in [4.69, 9.17) is 0 Å². The SMILES string of the molecule is CC[C@@H](C)c1ccc(S(=O)(=O)N2CCN(C(=O)c3cccs3)CC2)cc1. The topological polar surface area (TPSA) is 57.7 Å². The summed E-state index contributed by atoms with van der Waals surface area (Å²) in [6, 6.07) is 10.8. The molecule has 1 aromatic carbocycles. The van der Waals surface area contributed by atoms with Gasteiger partial charge in [0.1, 0.15) is 0 Å². The summed E-state index contributed by atoms with van der Waals surface area (Å²) in [6.07, 6.45) is 1.02. The Morgan fingerprint density at radius 1 is 1.12 bits per heavy atom. The molecule has 1 aromatic heterocycles. The minimum atomic E-state index is -3.52. The Bertz CT molecular complexity index is 837. The summed E-state index contributed by atoms with van der Waals surface area (Å²) < 4.78 is 27.2. The maximum atomic E-state index is 12.9. The molecule has 1 saturated heterocycles. The highest BCUT2D eigenvalue weighted by atomic mass is 32.2. The second-order valence-electron chi connectivity index (χ2n) is 6.55. The minimum absolute atomic E-state index is 0.0186. The van der Waals surface area contributed by atoms with Gasteiger partial charge in [0.05, 0.1) is 9.77 Å². The largest absolute Gasteiger partial charge is 0.335 e. The number of thiophene rings is 1. The van der Waals surface area contributed by atoms with Gasteiger partial charge in [-0.3, -0.25) is 4.79 Å². The first-order valence-corrected chi connectivity index (χ1v) is 11.2. The van der Waals surface area contributed by atoms with Crippen molar-refractivity contribution in [1.82, 2.24) is 9.21 Å². The molecule has 2 aromatic rings. The Morgan fingerprint density at radius 3 is 2.31 bits per heavy atom. The molecule has 2 heterocycles. The van der Waals surface area contributed by atoms with Gasteiger partial charge < -0.3 is 4.90 Å². The molecular weight excluding hydrogens is 368 g/mol. The van der Waals surface area contributed by atoms with Gasteiger partial charge in [-0.25, -0.2) is 8.42 Å². The summed E-state index contributed by atoms with van der Waals surface area (Å²) in [6.45, 7) is 5.74. The third-order valence-corrected chi connectivity index (χ3v) is 7.73. The maximum Gasteiger partial charge on any atom is 0.264 e. The first-order chi connectivity index (χ1) is 12.4. The first-order valence-electron chi connectivity index (χ1n) is 8.86. The molecule has 0 spiro atoms. The fourth-order valence-electron chi connectivity index (χ4n) is 3.04. The average molecular weight is 393 g/mol. The van der Waals surface area contributed by atoms with Gasteiger partial charge in [0, 0.05) is 26.2 Å². The number of rotatable bonds is 5. The molecule has 26 heavy (non-hydrogen) atoms. The Kier molecular flexibility index (Phi) is 5.79.